The fourth-order valence-corrected chi connectivity index (χ4v) is 4.34. The fraction of sp³-hybridized carbons (Fsp3) is 0.722. The molecule has 1 atom stereocenters. The standard InChI is InChI=1S/C18H29N5O2/c1-13-10-14(2)23(17(25)21-13)9-8-20-16(24)15-11-18(12-22(15)3)4-6-19-7-5-18/h10,15,19H,4-9,11-12H2,1-3H3,(H,20,24)/t15-/m0/s1. The number of nitrogens with zero attached hydrogens (tertiary/aromatic N) is 3. The van der Waals surface area contributed by atoms with Crippen LogP contribution >= 0.6 is 0 Å². The molecule has 1 spiro atoms. The van der Waals surface area contributed by atoms with Gasteiger partial charge in [0.1, 0.15) is 0 Å². The summed E-state index contributed by atoms with van der Waals surface area (Å²) < 4.78 is 1.61. The van der Waals surface area contributed by atoms with Crippen LogP contribution < -0.4 is 16.3 Å². The van der Waals surface area contributed by atoms with Crippen molar-refractivity contribution in [1.29, 1.82) is 0 Å². The van der Waals surface area contributed by atoms with Crippen molar-refractivity contribution in [2.45, 2.75) is 45.7 Å². The Hall–Kier alpha value is -1.73. The molecule has 1 amide bonds. The van der Waals surface area contributed by atoms with Gasteiger partial charge in [-0.3, -0.25) is 14.3 Å². The van der Waals surface area contributed by atoms with Crippen molar-refractivity contribution in [2.75, 3.05) is 33.2 Å². The minimum absolute atomic E-state index is 0.0629. The van der Waals surface area contributed by atoms with E-state index in [1.165, 1.54) is 0 Å². The zero-order valence-electron chi connectivity index (χ0n) is 15.5. The van der Waals surface area contributed by atoms with E-state index in [-0.39, 0.29) is 23.1 Å². The number of likely N-dealkylation sites (tertiary alicyclic amines) is 1. The van der Waals surface area contributed by atoms with Crippen LogP contribution in [-0.2, 0) is 11.3 Å². The molecule has 25 heavy (non-hydrogen) atoms. The summed E-state index contributed by atoms with van der Waals surface area (Å²) in [5.41, 5.74) is 1.63. The summed E-state index contributed by atoms with van der Waals surface area (Å²) in [6.07, 6.45) is 3.22. The van der Waals surface area contributed by atoms with Crippen LogP contribution in [0.4, 0.5) is 0 Å². The molecule has 7 nitrogen and oxygen atoms in total. The fourth-order valence-electron chi connectivity index (χ4n) is 4.34. The molecule has 138 valence electrons. The van der Waals surface area contributed by atoms with Crippen molar-refractivity contribution >= 4 is 5.91 Å². The molecule has 2 aliphatic rings. The van der Waals surface area contributed by atoms with Crippen molar-refractivity contribution in [3.63, 3.8) is 0 Å². The number of likely N-dealkylation sites (N-methyl/N-ethyl adjacent to an activating group) is 1. The van der Waals surface area contributed by atoms with E-state index in [1.807, 2.05) is 27.0 Å². The quantitative estimate of drug-likeness (QED) is 0.805. The first-order valence-electron chi connectivity index (χ1n) is 9.14. The first-order chi connectivity index (χ1) is 11.9. The largest absolute Gasteiger partial charge is 0.353 e. The van der Waals surface area contributed by atoms with E-state index < -0.39 is 0 Å². The van der Waals surface area contributed by atoms with Gasteiger partial charge in [0.15, 0.2) is 0 Å². The number of aryl methyl sites for hydroxylation is 2. The molecule has 2 saturated heterocycles. The summed E-state index contributed by atoms with van der Waals surface area (Å²) in [5, 5.41) is 6.42. The summed E-state index contributed by atoms with van der Waals surface area (Å²) in [7, 11) is 2.04. The minimum Gasteiger partial charge on any atom is -0.353 e. The Bertz CT molecular complexity index is 693. The minimum atomic E-state index is -0.251. The second-order valence-corrected chi connectivity index (χ2v) is 7.65. The van der Waals surface area contributed by atoms with E-state index in [1.54, 1.807) is 4.57 Å². The van der Waals surface area contributed by atoms with Crippen LogP contribution in [-0.4, -0.2) is 59.6 Å². The van der Waals surface area contributed by atoms with E-state index in [4.69, 9.17) is 0 Å². The summed E-state index contributed by atoms with van der Waals surface area (Å²) in [6, 6.07) is 1.82. The topological polar surface area (TPSA) is 79.3 Å². The number of hydrogen-bond acceptors (Lipinski definition) is 5. The van der Waals surface area contributed by atoms with Crippen LogP contribution in [0.25, 0.3) is 0 Å². The molecule has 3 rings (SSSR count). The second-order valence-electron chi connectivity index (χ2n) is 7.65. The number of carbonyl (C=O) groups excluding carboxylic acids is 1. The number of nitrogens with one attached hydrogen (secondary N) is 2. The number of amides is 1. The van der Waals surface area contributed by atoms with Gasteiger partial charge in [-0.2, -0.15) is 4.98 Å². The summed E-state index contributed by atoms with van der Waals surface area (Å²) in [6.45, 7) is 7.69. The Balaban J connectivity index is 1.55. The zero-order chi connectivity index (χ0) is 18.0. The highest BCUT2D eigenvalue weighted by Crippen LogP contribution is 2.41. The van der Waals surface area contributed by atoms with Gasteiger partial charge >= 0.3 is 5.69 Å². The molecule has 7 heteroatoms. The van der Waals surface area contributed by atoms with E-state index in [0.717, 1.165) is 50.3 Å². The third-order valence-corrected chi connectivity index (χ3v) is 5.69. The molecular formula is C18H29N5O2. The van der Waals surface area contributed by atoms with Crippen LogP contribution in [0, 0.1) is 19.3 Å². The summed E-state index contributed by atoms with van der Waals surface area (Å²) in [4.78, 5) is 30.7. The first kappa shape index (κ1) is 18.1. The summed E-state index contributed by atoms with van der Waals surface area (Å²) >= 11 is 0. The van der Waals surface area contributed by atoms with Crippen molar-refractivity contribution in [3.05, 3.63) is 27.9 Å². The van der Waals surface area contributed by atoms with Crippen molar-refractivity contribution in [1.82, 2.24) is 25.1 Å². The van der Waals surface area contributed by atoms with Gasteiger partial charge in [-0.1, -0.05) is 0 Å². The molecule has 1 aromatic rings. The lowest BCUT2D eigenvalue weighted by Crippen LogP contribution is -2.43. The maximum absolute atomic E-state index is 12.6. The van der Waals surface area contributed by atoms with Gasteiger partial charge in [0, 0.05) is 31.0 Å². The maximum atomic E-state index is 12.6. The lowest BCUT2D eigenvalue weighted by atomic mass is 9.77. The zero-order valence-corrected chi connectivity index (χ0v) is 15.5. The van der Waals surface area contributed by atoms with E-state index in [0.29, 0.717) is 13.1 Å². The normalized spacial score (nSPS) is 23.1. The Morgan fingerprint density at radius 1 is 1.40 bits per heavy atom. The lowest BCUT2D eigenvalue weighted by molar-refractivity contribution is -0.125. The smallest absolute Gasteiger partial charge is 0.348 e. The Morgan fingerprint density at radius 2 is 2.12 bits per heavy atom. The van der Waals surface area contributed by atoms with Crippen LogP contribution in [0.15, 0.2) is 10.9 Å². The third-order valence-electron chi connectivity index (χ3n) is 5.69. The maximum Gasteiger partial charge on any atom is 0.348 e. The highest BCUT2D eigenvalue weighted by molar-refractivity contribution is 5.82. The Kier molecular flexibility index (Phi) is 5.24. The predicted molar refractivity (Wildman–Crippen MR) is 96.6 cm³/mol. The SMILES string of the molecule is Cc1cc(C)n(CCNC(=O)[C@@H]2CC3(CCNCC3)CN2C)c(=O)n1. The van der Waals surface area contributed by atoms with Gasteiger partial charge in [0.05, 0.1) is 6.04 Å². The Morgan fingerprint density at radius 3 is 2.80 bits per heavy atom. The molecule has 0 saturated carbocycles. The number of hydrogen-bond donors (Lipinski definition) is 2. The molecular weight excluding hydrogens is 318 g/mol. The Labute approximate surface area is 148 Å². The summed E-state index contributed by atoms with van der Waals surface area (Å²) in [5.74, 6) is 0.0729. The van der Waals surface area contributed by atoms with E-state index >= 15 is 0 Å². The molecule has 1 aromatic heterocycles. The van der Waals surface area contributed by atoms with Gasteiger partial charge in [-0.05, 0) is 64.7 Å². The van der Waals surface area contributed by atoms with Crippen molar-refractivity contribution in [3.8, 4) is 0 Å². The van der Waals surface area contributed by atoms with Gasteiger partial charge in [0.2, 0.25) is 5.91 Å². The van der Waals surface area contributed by atoms with Crippen LogP contribution in [0.2, 0.25) is 0 Å². The molecule has 2 fully saturated rings. The van der Waals surface area contributed by atoms with E-state index in [9.17, 15) is 9.59 Å². The number of rotatable bonds is 4. The van der Waals surface area contributed by atoms with Crippen LogP contribution in [0.5, 0.6) is 0 Å². The predicted octanol–water partition coefficient (Wildman–Crippen LogP) is 0.0502. The highest BCUT2D eigenvalue weighted by atomic mass is 16.2. The second kappa shape index (κ2) is 7.25. The monoisotopic (exact) mass is 347 g/mol. The van der Waals surface area contributed by atoms with E-state index in [2.05, 4.69) is 20.5 Å². The number of carbonyl (C=O) groups is 1. The van der Waals surface area contributed by atoms with Crippen LogP contribution in [0.3, 0.4) is 0 Å². The molecule has 2 aliphatic heterocycles. The molecule has 0 unspecified atom stereocenters. The van der Waals surface area contributed by atoms with Crippen molar-refractivity contribution < 1.29 is 4.79 Å². The molecule has 2 N–H and O–H groups in total. The van der Waals surface area contributed by atoms with Crippen LogP contribution in [0.1, 0.15) is 30.7 Å². The van der Waals surface area contributed by atoms with Crippen molar-refractivity contribution in [2.24, 2.45) is 5.41 Å². The third kappa shape index (κ3) is 3.93. The number of piperidine rings is 1. The average Bonchev–Trinajstić information content (AvgIpc) is 2.86. The van der Waals surface area contributed by atoms with Gasteiger partial charge in [-0.25, -0.2) is 4.79 Å². The van der Waals surface area contributed by atoms with Gasteiger partial charge < -0.3 is 10.6 Å². The number of aromatic nitrogens is 2. The molecule has 0 aliphatic carbocycles. The lowest BCUT2D eigenvalue weighted by Gasteiger charge is -2.33. The molecule has 0 radical (unpaired) electrons. The highest BCUT2D eigenvalue weighted by Gasteiger charge is 2.45. The molecule has 0 aromatic carbocycles. The van der Waals surface area contributed by atoms with Gasteiger partial charge in [0.25, 0.3) is 0 Å². The average molecular weight is 347 g/mol. The first-order valence-corrected chi connectivity index (χ1v) is 9.14. The molecule has 0 bridgehead atoms. The van der Waals surface area contributed by atoms with Gasteiger partial charge in [-0.15, -0.1) is 0 Å². The molecule has 3 heterocycles.